The fourth-order valence-electron chi connectivity index (χ4n) is 4.24. The highest BCUT2D eigenvalue weighted by molar-refractivity contribution is 7.92. The normalized spacial score (nSPS) is 28.8. The first-order valence-corrected chi connectivity index (χ1v) is 9.73. The van der Waals surface area contributed by atoms with Crippen molar-refractivity contribution < 1.29 is 13.2 Å². The van der Waals surface area contributed by atoms with Crippen LogP contribution in [-0.4, -0.2) is 24.7 Å². The Labute approximate surface area is 137 Å². The van der Waals surface area contributed by atoms with Crippen molar-refractivity contribution in [2.45, 2.75) is 56.5 Å². The maximum absolute atomic E-state index is 13.0. The second-order valence-corrected chi connectivity index (χ2v) is 9.40. The zero-order chi connectivity index (χ0) is 16.8. The van der Waals surface area contributed by atoms with Gasteiger partial charge in [-0.15, -0.1) is 0 Å². The van der Waals surface area contributed by atoms with Crippen LogP contribution >= 0.6 is 0 Å². The molecule has 122 valence electrons. The summed E-state index contributed by atoms with van der Waals surface area (Å²) in [4.78, 5) is 13.0. The number of sulfone groups is 1. The van der Waals surface area contributed by atoms with Gasteiger partial charge in [0.25, 0.3) is 0 Å². The Bertz CT molecular complexity index is 761. The van der Waals surface area contributed by atoms with Crippen LogP contribution in [0.25, 0.3) is 0 Å². The molecule has 1 aromatic carbocycles. The number of aryl methyl sites for hydroxylation is 2. The third-order valence-electron chi connectivity index (χ3n) is 5.36. The number of Topliss-reactive ketones (excluding diaryl/α,β-unsaturated/α-hetero) is 1. The lowest BCUT2D eigenvalue weighted by molar-refractivity contribution is 0.0892. The molecule has 2 unspecified atom stereocenters. The maximum atomic E-state index is 13.0. The largest absolute Gasteiger partial charge is 0.294 e. The summed E-state index contributed by atoms with van der Waals surface area (Å²) < 4.78 is 24.7. The van der Waals surface area contributed by atoms with Crippen molar-refractivity contribution in [3.63, 3.8) is 0 Å². The summed E-state index contributed by atoms with van der Waals surface area (Å²) in [5.41, 5.74) is 2.85. The zero-order valence-electron chi connectivity index (χ0n) is 13.5. The van der Waals surface area contributed by atoms with Crippen LogP contribution in [0.3, 0.4) is 0 Å². The molecule has 0 N–H and O–H groups in total. The summed E-state index contributed by atoms with van der Waals surface area (Å²) in [5, 5.41) is 8.34. The molecule has 3 rings (SSSR count). The van der Waals surface area contributed by atoms with Gasteiger partial charge in [-0.25, -0.2) is 8.42 Å². The molecule has 0 saturated carbocycles. The third kappa shape index (κ3) is 2.70. The van der Waals surface area contributed by atoms with Crippen molar-refractivity contribution in [1.82, 2.24) is 0 Å². The molecule has 2 atom stereocenters. The number of benzene rings is 1. The first kappa shape index (κ1) is 16.2. The Kier molecular flexibility index (Phi) is 4.05. The van der Waals surface area contributed by atoms with Gasteiger partial charge >= 0.3 is 0 Å². The van der Waals surface area contributed by atoms with E-state index in [1.54, 1.807) is 12.1 Å². The molecule has 2 bridgehead atoms. The minimum absolute atomic E-state index is 0.0521. The molecule has 0 spiro atoms. The van der Waals surface area contributed by atoms with Gasteiger partial charge in [-0.2, -0.15) is 5.26 Å². The molecular weight excluding hydrogens is 310 g/mol. The lowest BCUT2D eigenvalue weighted by atomic mass is 9.82. The minimum atomic E-state index is -3.04. The molecule has 4 nitrogen and oxygen atoms in total. The second-order valence-electron chi connectivity index (χ2n) is 6.89. The molecule has 5 heteroatoms. The lowest BCUT2D eigenvalue weighted by Crippen LogP contribution is -2.45. The lowest BCUT2D eigenvalue weighted by Gasteiger charge is -2.38. The van der Waals surface area contributed by atoms with E-state index in [9.17, 15) is 13.2 Å². The summed E-state index contributed by atoms with van der Waals surface area (Å²) in [6.07, 6.45) is 3.24. The summed E-state index contributed by atoms with van der Waals surface area (Å²) >= 11 is 0. The number of carbonyl (C=O) groups excluding carboxylic acids is 1. The number of carbonyl (C=O) groups is 1. The summed E-state index contributed by atoms with van der Waals surface area (Å²) in [6, 6.07) is 5.58. The number of nitrogens with zero attached hydrogens (tertiary/aromatic N) is 1. The number of hydrogen-bond acceptors (Lipinski definition) is 4. The summed E-state index contributed by atoms with van der Waals surface area (Å²) in [6.45, 7) is 3.70. The number of nitriles is 1. The molecule has 0 aliphatic carbocycles. The van der Waals surface area contributed by atoms with Crippen molar-refractivity contribution in [3.8, 4) is 6.07 Å². The van der Waals surface area contributed by atoms with Crippen LogP contribution in [0.15, 0.2) is 12.1 Å². The third-order valence-corrected chi connectivity index (χ3v) is 8.07. The van der Waals surface area contributed by atoms with Crippen molar-refractivity contribution in [1.29, 1.82) is 5.26 Å². The average Bonchev–Trinajstić information content (AvgIpc) is 2.44. The van der Waals surface area contributed by atoms with E-state index < -0.39 is 9.84 Å². The molecule has 2 aliphatic heterocycles. The number of fused-ring (bicyclic) bond motifs is 2. The van der Waals surface area contributed by atoms with Crippen LogP contribution in [0.5, 0.6) is 0 Å². The highest BCUT2D eigenvalue weighted by Crippen LogP contribution is 2.41. The van der Waals surface area contributed by atoms with Gasteiger partial charge < -0.3 is 0 Å². The molecule has 2 saturated heterocycles. The Hall–Kier alpha value is -1.67. The molecule has 0 radical (unpaired) electrons. The topological polar surface area (TPSA) is 75.0 Å². The van der Waals surface area contributed by atoms with Crippen LogP contribution in [0.1, 0.15) is 59.2 Å². The van der Waals surface area contributed by atoms with E-state index in [-0.39, 0.29) is 22.2 Å². The van der Waals surface area contributed by atoms with Gasteiger partial charge in [-0.05, 0) is 62.8 Å². The molecular formula is C18H21NO3S. The smallest absolute Gasteiger partial charge is 0.166 e. The molecule has 2 aliphatic rings. The Morgan fingerprint density at radius 2 is 1.65 bits per heavy atom. The van der Waals surface area contributed by atoms with Crippen molar-refractivity contribution in [2.75, 3.05) is 0 Å². The molecule has 2 heterocycles. The highest BCUT2D eigenvalue weighted by atomic mass is 32.2. The van der Waals surface area contributed by atoms with Crippen molar-refractivity contribution >= 4 is 15.6 Å². The molecule has 0 amide bonds. The summed E-state index contributed by atoms with van der Waals surface area (Å²) in [7, 11) is -3.04. The van der Waals surface area contributed by atoms with E-state index in [1.165, 1.54) is 0 Å². The molecule has 2 fully saturated rings. The van der Waals surface area contributed by atoms with Gasteiger partial charge in [0.2, 0.25) is 0 Å². The van der Waals surface area contributed by atoms with Gasteiger partial charge in [0.15, 0.2) is 15.6 Å². The van der Waals surface area contributed by atoms with Gasteiger partial charge in [-0.1, -0.05) is 6.42 Å². The van der Waals surface area contributed by atoms with E-state index in [2.05, 4.69) is 6.07 Å². The predicted molar refractivity (Wildman–Crippen MR) is 88.0 cm³/mol. The van der Waals surface area contributed by atoms with Crippen LogP contribution in [0.4, 0.5) is 0 Å². The molecule has 0 aromatic heterocycles. The SMILES string of the molecule is Cc1cc(C#N)cc(C)c1C(=O)C1CC2CCCC(C1)S2(=O)=O. The number of rotatable bonds is 2. The van der Waals surface area contributed by atoms with Crippen LogP contribution in [-0.2, 0) is 9.84 Å². The first-order valence-electron chi connectivity index (χ1n) is 8.13. The Morgan fingerprint density at radius 1 is 1.13 bits per heavy atom. The van der Waals surface area contributed by atoms with Crippen molar-refractivity contribution in [2.24, 2.45) is 5.92 Å². The fraction of sp³-hybridized carbons (Fsp3) is 0.556. The van der Waals surface area contributed by atoms with Gasteiger partial charge in [0, 0.05) is 11.5 Å². The van der Waals surface area contributed by atoms with Gasteiger partial charge in [0.05, 0.1) is 22.1 Å². The van der Waals surface area contributed by atoms with Crippen LogP contribution < -0.4 is 0 Å². The monoisotopic (exact) mass is 331 g/mol. The standard InChI is InChI=1S/C18H21NO3S/c1-11-6-13(10-19)7-12(2)17(11)18(20)14-8-15-4-3-5-16(9-14)23(15,21)22/h6-7,14-16H,3-5,8-9H2,1-2H3. The summed E-state index contributed by atoms with van der Waals surface area (Å²) in [5.74, 6) is -0.157. The fourth-order valence-corrected chi connectivity index (χ4v) is 6.78. The van der Waals surface area contributed by atoms with E-state index >= 15 is 0 Å². The first-order chi connectivity index (χ1) is 10.8. The van der Waals surface area contributed by atoms with Crippen molar-refractivity contribution in [3.05, 3.63) is 34.4 Å². The molecule has 23 heavy (non-hydrogen) atoms. The van der Waals surface area contributed by atoms with Crippen LogP contribution in [0, 0.1) is 31.1 Å². The quantitative estimate of drug-likeness (QED) is 0.780. The van der Waals surface area contributed by atoms with E-state index in [0.29, 0.717) is 36.8 Å². The van der Waals surface area contributed by atoms with Gasteiger partial charge in [-0.3, -0.25) is 4.79 Å². The van der Waals surface area contributed by atoms with E-state index in [1.807, 2.05) is 13.8 Å². The predicted octanol–water partition coefficient (Wildman–Crippen LogP) is 3.10. The number of ketones is 1. The van der Waals surface area contributed by atoms with E-state index in [4.69, 9.17) is 5.26 Å². The Balaban J connectivity index is 1.92. The Morgan fingerprint density at radius 3 is 2.13 bits per heavy atom. The average molecular weight is 331 g/mol. The van der Waals surface area contributed by atoms with E-state index in [0.717, 1.165) is 17.5 Å². The van der Waals surface area contributed by atoms with Crippen LogP contribution in [0.2, 0.25) is 0 Å². The zero-order valence-corrected chi connectivity index (χ0v) is 14.3. The number of hydrogen-bond donors (Lipinski definition) is 0. The van der Waals surface area contributed by atoms with Gasteiger partial charge in [0.1, 0.15) is 0 Å². The highest BCUT2D eigenvalue weighted by Gasteiger charge is 2.46. The molecule has 1 aromatic rings. The second kappa shape index (κ2) is 5.76. The maximum Gasteiger partial charge on any atom is 0.166 e. The minimum Gasteiger partial charge on any atom is -0.294 e.